The molecule has 7 heteroatoms. The average molecular weight is 319 g/mol. The molecule has 0 radical (unpaired) electrons. The fourth-order valence-corrected chi connectivity index (χ4v) is 3.59. The van der Waals surface area contributed by atoms with Crippen molar-refractivity contribution in [2.45, 2.75) is 31.7 Å². The maximum atomic E-state index is 12.5. The van der Waals surface area contributed by atoms with E-state index in [1.807, 2.05) is 13.8 Å². The third-order valence-electron chi connectivity index (χ3n) is 2.58. The molecule has 0 heterocycles. The first-order valence-electron chi connectivity index (χ1n) is 6.33. The van der Waals surface area contributed by atoms with Crippen LogP contribution in [0.4, 0.5) is 0 Å². The number of rotatable bonds is 6. The molecule has 0 aliphatic rings. The number of sulfonamides is 1. The lowest BCUT2D eigenvalue weighted by Crippen LogP contribution is -2.42. The maximum Gasteiger partial charge on any atom is 0.245 e. The van der Waals surface area contributed by atoms with Gasteiger partial charge < -0.3 is 5.32 Å². The second-order valence-corrected chi connectivity index (χ2v) is 6.90. The lowest BCUT2D eigenvalue weighted by Gasteiger charge is -2.21. The standard InChI is InChI=1S/C13H19ClN2O3S/c1-4-16(9-13(17)15-10(2)3)20(18,19)12-8-6-5-7-11(12)14/h5-8,10H,4,9H2,1-3H3,(H,15,17). The van der Waals surface area contributed by atoms with Gasteiger partial charge in [-0.2, -0.15) is 4.31 Å². The Labute approximate surface area is 125 Å². The predicted octanol–water partition coefficient (Wildman–Crippen LogP) is 1.88. The Morgan fingerprint density at radius 2 is 1.95 bits per heavy atom. The van der Waals surface area contributed by atoms with Crippen molar-refractivity contribution < 1.29 is 13.2 Å². The van der Waals surface area contributed by atoms with E-state index in [1.165, 1.54) is 12.1 Å². The minimum absolute atomic E-state index is 0.0147. The van der Waals surface area contributed by atoms with Gasteiger partial charge in [-0.25, -0.2) is 8.42 Å². The molecule has 0 aliphatic heterocycles. The van der Waals surface area contributed by atoms with Crippen LogP contribution in [0.5, 0.6) is 0 Å². The monoisotopic (exact) mass is 318 g/mol. The Hall–Kier alpha value is -1.11. The molecule has 0 saturated carbocycles. The van der Waals surface area contributed by atoms with Crippen molar-refractivity contribution in [1.29, 1.82) is 0 Å². The number of carbonyl (C=O) groups excluding carboxylic acids is 1. The molecule has 1 amide bonds. The van der Waals surface area contributed by atoms with Crippen molar-refractivity contribution in [3.05, 3.63) is 29.3 Å². The van der Waals surface area contributed by atoms with Crippen molar-refractivity contribution in [1.82, 2.24) is 9.62 Å². The fourth-order valence-electron chi connectivity index (χ4n) is 1.69. The predicted molar refractivity (Wildman–Crippen MR) is 79.2 cm³/mol. The molecule has 0 saturated heterocycles. The molecule has 0 fully saturated rings. The van der Waals surface area contributed by atoms with Gasteiger partial charge in [0, 0.05) is 12.6 Å². The van der Waals surface area contributed by atoms with E-state index in [0.29, 0.717) is 0 Å². The molecule has 1 aromatic carbocycles. The fraction of sp³-hybridized carbons (Fsp3) is 0.462. The molecule has 0 bridgehead atoms. The summed E-state index contributed by atoms with van der Waals surface area (Å²) in [7, 11) is -3.77. The summed E-state index contributed by atoms with van der Waals surface area (Å²) in [6.07, 6.45) is 0. The molecular formula is C13H19ClN2O3S. The molecule has 112 valence electrons. The quantitative estimate of drug-likeness (QED) is 0.871. The Morgan fingerprint density at radius 1 is 1.35 bits per heavy atom. The molecule has 1 aromatic rings. The molecule has 5 nitrogen and oxygen atoms in total. The largest absolute Gasteiger partial charge is 0.353 e. The Morgan fingerprint density at radius 3 is 2.45 bits per heavy atom. The van der Waals surface area contributed by atoms with Gasteiger partial charge in [0.2, 0.25) is 15.9 Å². The van der Waals surface area contributed by atoms with Crippen molar-refractivity contribution in [3.63, 3.8) is 0 Å². The zero-order chi connectivity index (χ0) is 15.3. The number of carbonyl (C=O) groups is 1. The molecule has 0 spiro atoms. The van der Waals surface area contributed by atoms with E-state index in [1.54, 1.807) is 19.1 Å². The summed E-state index contributed by atoms with van der Waals surface area (Å²) in [5, 5.41) is 2.82. The van der Waals surface area contributed by atoms with Crippen LogP contribution in [0, 0.1) is 0 Å². The number of nitrogens with one attached hydrogen (secondary N) is 1. The number of benzene rings is 1. The van der Waals surface area contributed by atoms with Gasteiger partial charge in [0.05, 0.1) is 11.6 Å². The van der Waals surface area contributed by atoms with Gasteiger partial charge in [0.15, 0.2) is 0 Å². The van der Waals surface area contributed by atoms with Crippen molar-refractivity contribution >= 4 is 27.5 Å². The van der Waals surface area contributed by atoms with Gasteiger partial charge in [-0.05, 0) is 26.0 Å². The molecule has 0 atom stereocenters. The summed E-state index contributed by atoms with van der Waals surface area (Å²) < 4.78 is 26.0. The highest BCUT2D eigenvalue weighted by Crippen LogP contribution is 2.23. The van der Waals surface area contributed by atoms with Gasteiger partial charge in [0.25, 0.3) is 0 Å². The minimum atomic E-state index is -3.77. The van der Waals surface area contributed by atoms with E-state index in [9.17, 15) is 13.2 Å². The smallest absolute Gasteiger partial charge is 0.245 e. The number of hydrogen-bond donors (Lipinski definition) is 1. The highest BCUT2D eigenvalue weighted by atomic mass is 35.5. The number of likely N-dealkylation sites (N-methyl/N-ethyl adjacent to an activating group) is 1. The normalized spacial score (nSPS) is 11.9. The molecule has 0 aliphatic carbocycles. The number of nitrogens with zero attached hydrogens (tertiary/aromatic N) is 1. The van der Waals surface area contributed by atoms with Gasteiger partial charge in [-0.3, -0.25) is 4.79 Å². The number of halogens is 1. The van der Waals surface area contributed by atoms with E-state index < -0.39 is 10.0 Å². The van der Waals surface area contributed by atoms with Crippen LogP contribution in [-0.4, -0.2) is 37.8 Å². The SMILES string of the molecule is CCN(CC(=O)NC(C)C)S(=O)(=O)c1ccccc1Cl. The zero-order valence-electron chi connectivity index (χ0n) is 11.8. The van der Waals surface area contributed by atoms with Crippen LogP contribution in [0.2, 0.25) is 5.02 Å². The van der Waals surface area contributed by atoms with Crippen molar-refractivity contribution in [3.8, 4) is 0 Å². The zero-order valence-corrected chi connectivity index (χ0v) is 13.3. The first kappa shape index (κ1) is 16.9. The number of amides is 1. The van der Waals surface area contributed by atoms with Crippen molar-refractivity contribution in [2.75, 3.05) is 13.1 Å². The Balaban J connectivity index is 3.00. The highest BCUT2D eigenvalue weighted by molar-refractivity contribution is 7.89. The van der Waals surface area contributed by atoms with Gasteiger partial charge >= 0.3 is 0 Å². The first-order valence-corrected chi connectivity index (χ1v) is 8.15. The van der Waals surface area contributed by atoms with Gasteiger partial charge in [-0.1, -0.05) is 30.7 Å². The van der Waals surface area contributed by atoms with Crippen molar-refractivity contribution in [2.24, 2.45) is 0 Å². The van der Waals surface area contributed by atoms with E-state index in [4.69, 9.17) is 11.6 Å². The van der Waals surface area contributed by atoms with E-state index in [0.717, 1.165) is 4.31 Å². The average Bonchev–Trinajstić information content (AvgIpc) is 2.35. The van der Waals surface area contributed by atoms with Crippen LogP contribution in [-0.2, 0) is 14.8 Å². The summed E-state index contributed by atoms with van der Waals surface area (Å²) in [5.41, 5.74) is 0. The van der Waals surface area contributed by atoms with Crippen LogP contribution in [0.15, 0.2) is 29.2 Å². The van der Waals surface area contributed by atoms with E-state index in [2.05, 4.69) is 5.32 Å². The lowest BCUT2D eigenvalue weighted by atomic mass is 10.4. The van der Waals surface area contributed by atoms with Crippen LogP contribution in [0.3, 0.4) is 0 Å². The summed E-state index contributed by atoms with van der Waals surface area (Å²) >= 11 is 5.92. The summed E-state index contributed by atoms with van der Waals surface area (Å²) in [6.45, 7) is 5.28. The molecule has 1 rings (SSSR count). The summed E-state index contributed by atoms with van der Waals surface area (Å²) in [6, 6.07) is 6.16. The molecule has 1 N–H and O–H groups in total. The molecule has 20 heavy (non-hydrogen) atoms. The third kappa shape index (κ3) is 4.19. The van der Waals surface area contributed by atoms with Gasteiger partial charge in [0.1, 0.15) is 4.90 Å². The van der Waals surface area contributed by atoms with Crippen LogP contribution in [0.25, 0.3) is 0 Å². The lowest BCUT2D eigenvalue weighted by molar-refractivity contribution is -0.121. The van der Waals surface area contributed by atoms with Crippen LogP contribution >= 0.6 is 11.6 Å². The first-order chi connectivity index (χ1) is 9.28. The Bertz CT molecular complexity index is 573. The van der Waals surface area contributed by atoms with E-state index >= 15 is 0 Å². The highest BCUT2D eigenvalue weighted by Gasteiger charge is 2.27. The number of hydrogen-bond acceptors (Lipinski definition) is 3. The summed E-state index contributed by atoms with van der Waals surface area (Å²) in [4.78, 5) is 11.8. The van der Waals surface area contributed by atoms with Crippen LogP contribution < -0.4 is 5.32 Å². The minimum Gasteiger partial charge on any atom is -0.353 e. The molecule has 0 unspecified atom stereocenters. The van der Waals surface area contributed by atoms with Gasteiger partial charge in [-0.15, -0.1) is 0 Å². The summed E-state index contributed by atoms with van der Waals surface area (Å²) in [5.74, 6) is -0.336. The Kier molecular flexibility index (Phi) is 5.98. The molecule has 0 aromatic heterocycles. The third-order valence-corrected chi connectivity index (χ3v) is 5.00. The molecular weight excluding hydrogens is 300 g/mol. The van der Waals surface area contributed by atoms with Crippen LogP contribution in [0.1, 0.15) is 20.8 Å². The second kappa shape index (κ2) is 7.06. The van der Waals surface area contributed by atoms with E-state index in [-0.39, 0.29) is 35.0 Å². The second-order valence-electron chi connectivity index (χ2n) is 4.58. The maximum absolute atomic E-state index is 12.5. The topological polar surface area (TPSA) is 66.5 Å².